The zero-order valence-electron chi connectivity index (χ0n) is 19.3. The zero-order valence-corrected chi connectivity index (χ0v) is 19.3. The molecule has 3 N–H and O–H groups in total. The number of urea groups is 1. The van der Waals surface area contributed by atoms with Gasteiger partial charge in [0.15, 0.2) is 11.3 Å². The number of carboxylic acid groups (broad SMARTS) is 1. The molecule has 3 aliphatic rings. The van der Waals surface area contributed by atoms with Crippen molar-refractivity contribution in [3.05, 3.63) is 35.9 Å². The molecule has 0 aromatic heterocycles. The number of hydrogen-bond donors (Lipinski definition) is 3. The lowest BCUT2D eigenvalue weighted by Crippen LogP contribution is -2.57. The number of hydrogen-bond acceptors (Lipinski definition) is 6. The highest BCUT2D eigenvalue weighted by Crippen LogP contribution is 2.35. The standard InChI is InChI=1S/C24H29F2N5O4/c25-24(26,11-17-5-2-1-3-6-17)12-18(14-28-22(15-27)8-9-22)29-21(34)31-10-4-7-23(16-31)13-19(20(32)33)30-35-23/h1-3,5-6,18,28H,4,7-14,16H2,(H,29,34)(H,32,33)/t18-,23?/m0/s1. The Balaban J connectivity index is 1.40. The third-order valence-corrected chi connectivity index (χ3v) is 6.74. The Morgan fingerprint density at radius 2 is 2.03 bits per heavy atom. The number of carbonyl (C=O) groups excluding carboxylic acids is 1. The molecule has 4 rings (SSSR count). The van der Waals surface area contributed by atoms with Gasteiger partial charge in [0, 0.05) is 38.4 Å². The van der Waals surface area contributed by atoms with Gasteiger partial charge in [0.2, 0.25) is 0 Å². The first-order chi connectivity index (χ1) is 16.6. The van der Waals surface area contributed by atoms with E-state index in [-0.39, 0.29) is 25.2 Å². The lowest BCUT2D eigenvalue weighted by atomic mass is 9.88. The summed E-state index contributed by atoms with van der Waals surface area (Å²) in [5.74, 6) is -4.24. The molecular formula is C24H29F2N5O4. The van der Waals surface area contributed by atoms with Crippen molar-refractivity contribution in [2.24, 2.45) is 5.16 Å². The first-order valence-electron chi connectivity index (χ1n) is 11.8. The van der Waals surface area contributed by atoms with Crippen LogP contribution in [0.5, 0.6) is 0 Å². The van der Waals surface area contributed by atoms with E-state index in [0.29, 0.717) is 37.8 Å². The lowest BCUT2D eigenvalue weighted by Gasteiger charge is -2.39. The Morgan fingerprint density at radius 3 is 2.66 bits per heavy atom. The molecule has 1 spiro atoms. The number of benzene rings is 1. The summed E-state index contributed by atoms with van der Waals surface area (Å²) in [6.07, 6.45) is 1.42. The summed E-state index contributed by atoms with van der Waals surface area (Å²) in [6.45, 7) is 0.537. The number of likely N-dealkylation sites (tertiary alicyclic amines) is 1. The van der Waals surface area contributed by atoms with Gasteiger partial charge in [0.1, 0.15) is 5.54 Å². The summed E-state index contributed by atoms with van der Waals surface area (Å²) in [5.41, 5.74) is -1.22. The number of oxime groups is 1. The minimum atomic E-state index is -3.08. The highest BCUT2D eigenvalue weighted by Gasteiger charge is 2.47. The summed E-state index contributed by atoms with van der Waals surface area (Å²) in [6, 6.07) is 9.16. The lowest BCUT2D eigenvalue weighted by molar-refractivity contribution is -0.129. The van der Waals surface area contributed by atoms with Gasteiger partial charge in [-0.15, -0.1) is 0 Å². The number of alkyl halides is 2. The van der Waals surface area contributed by atoms with Crippen molar-refractivity contribution in [2.75, 3.05) is 19.6 Å². The maximum atomic E-state index is 15.0. The molecule has 1 unspecified atom stereocenters. The second-order valence-corrected chi connectivity index (χ2v) is 9.76. The Bertz CT molecular complexity index is 1020. The fraction of sp³-hybridized carbons (Fsp3) is 0.583. The highest BCUT2D eigenvalue weighted by molar-refractivity contribution is 6.36. The van der Waals surface area contributed by atoms with Crippen molar-refractivity contribution in [1.29, 1.82) is 5.26 Å². The fourth-order valence-electron chi connectivity index (χ4n) is 4.67. The molecule has 35 heavy (non-hydrogen) atoms. The molecule has 188 valence electrons. The number of piperidine rings is 1. The highest BCUT2D eigenvalue weighted by atomic mass is 19.3. The number of aliphatic carboxylic acids is 1. The summed E-state index contributed by atoms with van der Waals surface area (Å²) < 4.78 is 30.0. The normalized spacial score (nSPS) is 23.7. The van der Waals surface area contributed by atoms with Crippen LogP contribution in [0, 0.1) is 11.3 Å². The van der Waals surface area contributed by atoms with Gasteiger partial charge in [-0.05, 0) is 31.2 Å². The average molecular weight is 490 g/mol. The number of nitriles is 1. The van der Waals surface area contributed by atoms with E-state index in [0.717, 1.165) is 0 Å². The van der Waals surface area contributed by atoms with Crippen molar-refractivity contribution in [3.63, 3.8) is 0 Å². The van der Waals surface area contributed by atoms with Gasteiger partial charge in [-0.2, -0.15) is 5.26 Å². The van der Waals surface area contributed by atoms with Crippen LogP contribution in [0.25, 0.3) is 0 Å². The molecule has 2 aliphatic heterocycles. The van der Waals surface area contributed by atoms with Gasteiger partial charge in [0.25, 0.3) is 5.92 Å². The van der Waals surface area contributed by atoms with Crippen LogP contribution in [0.2, 0.25) is 0 Å². The summed E-state index contributed by atoms with van der Waals surface area (Å²) in [5, 5.41) is 27.9. The first-order valence-corrected chi connectivity index (χ1v) is 11.8. The van der Waals surface area contributed by atoms with Crippen LogP contribution < -0.4 is 10.6 Å². The second kappa shape index (κ2) is 9.77. The zero-order chi connectivity index (χ0) is 25.1. The Kier molecular flexibility index (Phi) is 6.94. The maximum Gasteiger partial charge on any atom is 0.353 e. The van der Waals surface area contributed by atoms with Crippen molar-refractivity contribution in [1.82, 2.24) is 15.5 Å². The Hall–Kier alpha value is -3.26. The number of carbonyl (C=O) groups is 2. The van der Waals surface area contributed by atoms with Crippen LogP contribution >= 0.6 is 0 Å². The van der Waals surface area contributed by atoms with Crippen LogP contribution in [-0.2, 0) is 16.1 Å². The average Bonchev–Trinajstić information content (AvgIpc) is 3.50. The topological polar surface area (TPSA) is 127 Å². The third kappa shape index (κ3) is 6.25. The quantitative estimate of drug-likeness (QED) is 0.490. The molecular weight excluding hydrogens is 460 g/mol. The first kappa shape index (κ1) is 24.9. The van der Waals surface area contributed by atoms with E-state index in [1.807, 2.05) is 0 Å². The number of nitrogens with zero attached hydrogens (tertiary/aromatic N) is 3. The molecule has 2 heterocycles. The number of nitrogens with one attached hydrogen (secondary N) is 2. The van der Waals surface area contributed by atoms with E-state index in [1.54, 1.807) is 30.3 Å². The van der Waals surface area contributed by atoms with Crippen molar-refractivity contribution in [3.8, 4) is 6.07 Å². The molecule has 0 bridgehead atoms. The molecule has 1 aliphatic carbocycles. The van der Waals surface area contributed by atoms with E-state index in [4.69, 9.17) is 4.84 Å². The number of amides is 2. The van der Waals surface area contributed by atoms with E-state index >= 15 is 0 Å². The number of halogens is 2. The Labute approximate surface area is 202 Å². The summed E-state index contributed by atoms with van der Waals surface area (Å²) in [7, 11) is 0. The second-order valence-electron chi connectivity index (χ2n) is 9.76. The molecule has 11 heteroatoms. The van der Waals surface area contributed by atoms with Gasteiger partial charge < -0.3 is 20.2 Å². The molecule has 2 amide bonds. The number of carboxylic acids is 1. The monoisotopic (exact) mass is 489 g/mol. The van der Waals surface area contributed by atoms with Gasteiger partial charge in [-0.25, -0.2) is 18.4 Å². The molecule has 0 radical (unpaired) electrons. The van der Waals surface area contributed by atoms with Crippen molar-refractivity contribution >= 4 is 17.7 Å². The SMILES string of the molecule is N#CC1(NC[C@H](CC(F)(F)Cc2ccccc2)NC(=O)N2CCCC3(CC(C(=O)O)=NO3)C2)CC1. The fourth-order valence-corrected chi connectivity index (χ4v) is 4.67. The molecule has 9 nitrogen and oxygen atoms in total. The predicted molar refractivity (Wildman–Crippen MR) is 122 cm³/mol. The van der Waals surface area contributed by atoms with E-state index in [1.165, 1.54) is 4.90 Å². The molecule has 2 fully saturated rings. The molecule has 2 atom stereocenters. The minimum Gasteiger partial charge on any atom is -0.477 e. The molecule has 1 aromatic carbocycles. The van der Waals surface area contributed by atoms with Crippen LogP contribution in [0.15, 0.2) is 35.5 Å². The van der Waals surface area contributed by atoms with E-state index < -0.39 is 47.9 Å². The van der Waals surface area contributed by atoms with Gasteiger partial charge in [-0.3, -0.25) is 5.32 Å². The smallest absolute Gasteiger partial charge is 0.353 e. The molecule has 1 saturated heterocycles. The molecule has 1 aromatic rings. The van der Waals surface area contributed by atoms with E-state index in [2.05, 4.69) is 21.9 Å². The van der Waals surface area contributed by atoms with Gasteiger partial charge in [-0.1, -0.05) is 35.5 Å². The number of rotatable bonds is 9. The maximum absolute atomic E-state index is 15.0. The van der Waals surface area contributed by atoms with Crippen LogP contribution in [0.1, 0.15) is 44.1 Å². The predicted octanol–water partition coefficient (Wildman–Crippen LogP) is 2.67. The van der Waals surface area contributed by atoms with Gasteiger partial charge in [0.05, 0.1) is 12.6 Å². The third-order valence-electron chi connectivity index (χ3n) is 6.74. The van der Waals surface area contributed by atoms with Crippen LogP contribution in [0.4, 0.5) is 13.6 Å². The summed E-state index contributed by atoms with van der Waals surface area (Å²) in [4.78, 5) is 31.2. The van der Waals surface area contributed by atoms with Gasteiger partial charge >= 0.3 is 12.0 Å². The van der Waals surface area contributed by atoms with Crippen molar-refractivity contribution < 1.29 is 28.3 Å². The van der Waals surface area contributed by atoms with E-state index in [9.17, 15) is 28.7 Å². The summed E-state index contributed by atoms with van der Waals surface area (Å²) >= 11 is 0. The van der Waals surface area contributed by atoms with Crippen LogP contribution in [-0.4, -0.2) is 70.5 Å². The largest absolute Gasteiger partial charge is 0.477 e. The molecule has 1 saturated carbocycles. The Morgan fingerprint density at radius 1 is 1.29 bits per heavy atom. The minimum absolute atomic E-state index is 0.0332. The van der Waals surface area contributed by atoms with Crippen LogP contribution in [0.3, 0.4) is 0 Å². The van der Waals surface area contributed by atoms with Crippen molar-refractivity contribution in [2.45, 2.75) is 68.1 Å².